The van der Waals surface area contributed by atoms with E-state index in [1.165, 1.54) is 10.6 Å². The lowest BCUT2D eigenvalue weighted by Crippen LogP contribution is -2.37. The highest BCUT2D eigenvalue weighted by atomic mass is 32.2. The Labute approximate surface area is 171 Å². The van der Waals surface area contributed by atoms with Crippen molar-refractivity contribution in [3.63, 3.8) is 0 Å². The van der Waals surface area contributed by atoms with Crippen LogP contribution in [-0.2, 0) is 0 Å². The molecule has 0 aliphatic carbocycles. The Kier molecular flexibility index (Phi) is 11.7. The highest BCUT2D eigenvalue weighted by Crippen LogP contribution is 2.33. The fourth-order valence-electron chi connectivity index (χ4n) is 2.63. The van der Waals surface area contributed by atoms with Crippen molar-refractivity contribution in [3.05, 3.63) is 60.5 Å². The highest BCUT2D eigenvalue weighted by Gasteiger charge is 2.26. The average molecular weight is 396 g/mol. The number of likely N-dealkylation sites (N-methyl/N-ethyl adjacent to an activating group) is 2. The van der Waals surface area contributed by atoms with Crippen LogP contribution in [0.1, 0.15) is 27.7 Å². The van der Waals surface area contributed by atoms with E-state index in [2.05, 4.69) is 74.5 Å². The summed E-state index contributed by atoms with van der Waals surface area (Å²) in [5.74, 6) is 1.83. The zero-order valence-corrected chi connectivity index (χ0v) is 19.0. The summed E-state index contributed by atoms with van der Waals surface area (Å²) in [6.07, 6.45) is 0. The topological polar surface area (TPSA) is 18.5 Å². The molecule has 0 spiro atoms. The number of nitrogens with zero attached hydrogens (tertiary/aromatic N) is 2. The summed E-state index contributed by atoms with van der Waals surface area (Å²) in [6, 6.07) is 0.660. The van der Waals surface area contributed by atoms with Crippen molar-refractivity contribution in [2.45, 2.75) is 39.8 Å². The van der Waals surface area contributed by atoms with Gasteiger partial charge in [0.1, 0.15) is 0 Å². The SMILES string of the molecule is C=C(C)C1CSC(=C)N1CC.C=C(C)CN(C)C(=C)C(CS)NC(=C)C. The molecule has 3 nitrogen and oxygen atoms in total. The van der Waals surface area contributed by atoms with Gasteiger partial charge in [0, 0.05) is 43.0 Å². The zero-order chi connectivity index (χ0) is 20.4. The smallest absolute Gasteiger partial charge is 0.0740 e. The Balaban J connectivity index is 0.000000502. The molecule has 0 aromatic heterocycles. The predicted octanol–water partition coefficient (Wildman–Crippen LogP) is 4.90. The number of hydrogen-bond donors (Lipinski definition) is 2. The fraction of sp³-hybridized carbons (Fsp3) is 0.524. The molecular weight excluding hydrogens is 358 g/mol. The summed E-state index contributed by atoms with van der Waals surface area (Å²) < 4.78 is 0. The third-order valence-corrected chi connectivity index (χ3v) is 5.43. The molecule has 1 heterocycles. The second kappa shape index (κ2) is 12.2. The number of hydrogen-bond acceptors (Lipinski definition) is 5. The van der Waals surface area contributed by atoms with Gasteiger partial charge < -0.3 is 15.1 Å². The Bertz CT molecular complexity index is 539. The van der Waals surface area contributed by atoms with Crippen molar-refractivity contribution in [2.75, 3.05) is 31.6 Å². The summed E-state index contributed by atoms with van der Waals surface area (Å²) in [5, 5.41) is 4.44. The van der Waals surface area contributed by atoms with Gasteiger partial charge in [0.05, 0.1) is 17.1 Å². The van der Waals surface area contributed by atoms with Crippen LogP contribution < -0.4 is 5.32 Å². The van der Waals surface area contributed by atoms with Crippen LogP contribution in [0.4, 0.5) is 0 Å². The van der Waals surface area contributed by atoms with Gasteiger partial charge in [-0.15, -0.1) is 11.8 Å². The minimum Gasteiger partial charge on any atom is -0.380 e. The minimum absolute atomic E-state index is 0.134. The molecule has 2 unspecified atom stereocenters. The molecule has 0 amide bonds. The predicted molar refractivity (Wildman–Crippen MR) is 125 cm³/mol. The number of thiol groups is 1. The largest absolute Gasteiger partial charge is 0.380 e. The van der Waals surface area contributed by atoms with Gasteiger partial charge in [-0.05, 0) is 27.7 Å². The van der Waals surface area contributed by atoms with Crippen molar-refractivity contribution in [3.8, 4) is 0 Å². The van der Waals surface area contributed by atoms with Gasteiger partial charge in [-0.3, -0.25) is 0 Å². The van der Waals surface area contributed by atoms with Crippen LogP contribution in [0.3, 0.4) is 0 Å². The lowest BCUT2D eigenvalue weighted by molar-refractivity contribution is 0.353. The van der Waals surface area contributed by atoms with Gasteiger partial charge in [-0.1, -0.05) is 44.0 Å². The molecule has 0 radical (unpaired) electrons. The Morgan fingerprint density at radius 1 is 1.31 bits per heavy atom. The van der Waals surface area contributed by atoms with Crippen LogP contribution in [-0.4, -0.2) is 53.5 Å². The van der Waals surface area contributed by atoms with Gasteiger partial charge in [-0.2, -0.15) is 12.6 Å². The molecule has 1 rings (SSSR count). The van der Waals surface area contributed by atoms with Crippen molar-refractivity contribution in [1.82, 2.24) is 15.1 Å². The van der Waals surface area contributed by atoms with E-state index in [9.17, 15) is 0 Å². The van der Waals surface area contributed by atoms with Gasteiger partial charge in [0.2, 0.25) is 0 Å². The molecule has 26 heavy (non-hydrogen) atoms. The van der Waals surface area contributed by atoms with Crippen molar-refractivity contribution < 1.29 is 0 Å². The lowest BCUT2D eigenvalue weighted by Gasteiger charge is -2.29. The maximum atomic E-state index is 4.30. The second-order valence-electron chi connectivity index (χ2n) is 6.82. The zero-order valence-electron chi connectivity index (χ0n) is 17.3. The fourth-order valence-corrected chi connectivity index (χ4v) is 4.17. The average Bonchev–Trinajstić information content (AvgIpc) is 2.92. The maximum absolute atomic E-state index is 4.30. The lowest BCUT2D eigenvalue weighted by atomic mass is 10.1. The molecule has 1 aliphatic rings. The molecule has 148 valence electrons. The van der Waals surface area contributed by atoms with Crippen LogP contribution in [0.15, 0.2) is 60.5 Å². The monoisotopic (exact) mass is 395 g/mol. The van der Waals surface area contributed by atoms with E-state index in [4.69, 9.17) is 0 Å². The Hall–Kier alpha value is -1.20. The van der Waals surface area contributed by atoms with Gasteiger partial charge in [0.25, 0.3) is 0 Å². The van der Waals surface area contributed by atoms with Crippen LogP contribution >= 0.6 is 24.4 Å². The van der Waals surface area contributed by atoms with Gasteiger partial charge in [0.15, 0.2) is 0 Å². The maximum Gasteiger partial charge on any atom is 0.0740 e. The molecule has 1 N–H and O–H groups in total. The van der Waals surface area contributed by atoms with Crippen LogP contribution in [0.25, 0.3) is 0 Å². The van der Waals surface area contributed by atoms with E-state index in [0.717, 1.165) is 35.8 Å². The standard InChI is InChI=1S/C12H22N2S.C9H15NS/c1-9(2)7-14(6)11(5)12(8-15)13-10(3)4;1-5-10-8(4)11-6-9(10)7(2)3/h12-13,15H,1,3,5,7-8H2,2,4,6H3;9H,2,4-6H2,1,3H3. The first kappa shape index (κ1) is 24.8. The van der Waals surface area contributed by atoms with E-state index < -0.39 is 0 Å². The highest BCUT2D eigenvalue weighted by molar-refractivity contribution is 8.03. The van der Waals surface area contributed by atoms with E-state index in [-0.39, 0.29) is 6.04 Å². The molecule has 0 aromatic rings. The number of allylic oxidation sites excluding steroid dienone is 1. The summed E-state index contributed by atoms with van der Waals surface area (Å²) in [7, 11) is 2.01. The number of thioether (sulfide) groups is 1. The van der Waals surface area contributed by atoms with E-state index >= 15 is 0 Å². The normalized spacial score (nSPS) is 17.1. The molecule has 1 fully saturated rings. The first-order valence-corrected chi connectivity index (χ1v) is 10.5. The Morgan fingerprint density at radius 3 is 2.23 bits per heavy atom. The molecule has 5 heteroatoms. The quantitative estimate of drug-likeness (QED) is 0.427. The second-order valence-corrected chi connectivity index (χ2v) is 8.28. The van der Waals surface area contributed by atoms with E-state index in [1.807, 2.05) is 32.7 Å². The van der Waals surface area contributed by atoms with E-state index in [0.29, 0.717) is 11.8 Å². The third-order valence-electron chi connectivity index (χ3n) is 4.02. The van der Waals surface area contributed by atoms with E-state index in [1.54, 1.807) is 0 Å². The molecule has 2 atom stereocenters. The Morgan fingerprint density at radius 2 is 1.88 bits per heavy atom. The van der Waals surface area contributed by atoms with Gasteiger partial charge in [-0.25, -0.2) is 0 Å². The first-order valence-electron chi connectivity index (χ1n) is 8.86. The molecule has 0 saturated carbocycles. The molecule has 0 aromatic carbocycles. The van der Waals surface area contributed by atoms with Crippen LogP contribution in [0, 0.1) is 0 Å². The van der Waals surface area contributed by atoms with Crippen molar-refractivity contribution in [1.29, 1.82) is 0 Å². The number of rotatable bonds is 9. The van der Waals surface area contributed by atoms with Gasteiger partial charge >= 0.3 is 0 Å². The van der Waals surface area contributed by atoms with Crippen molar-refractivity contribution >= 4 is 24.4 Å². The summed E-state index contributed by atoms with van der Waals surface area (Å²) in [4.78, 5) is 4.39. The molecular formula is C21H37N3S2. The summed E-state index contributed by atoms with van der Waals surface area (Å²) in [5.41, 5.74) is 4.31. The summed E-state index contributed by atoms with van der Waals surface area (Å²) in [6.45, 7) is 29.8. The molecule has 1 aliphatic heterocycles. The third kappa shape index (κ3) is 8.45. The van der Waals surface area contributed by atoms with Crippen LogP contribution in [0.5, 0.6) is 0 Å². The molecule has 1 saturated heterocycles. The number of nitrogens with one attached hydrogen (secondary N) is 1. The molecule has 0 bridgehead atoms. The minimum atomic E-state index is 0.134. The first-order chi connectivity index (χ1) is 12.0. The summed E-state index contributed by atoms with van der Waals surface area (Å²) >= 11 is 6.14. The van der Waals surface area contributed by atoms with Crippen molar-refractivity contribution in [2.24, 2.45) is 0 Å². The van der Waals surface area contributed by atoms with Crippen LogP contribution in [0.2, 0.25) is 0 Å².